The fraction of sp³-hybridized carbons (Fsp3) is 0.571. The smallest absolute Gasteiger partial charge is 0.243 e. The number of halogens is 2. The number of nitrogens with zero attached hydrogens (tertiary/aromatic N) is 1. The lowest BCUT2D eigenvalue weighted by atomic mass is 9.96. The van der Waals surface area contributed by atoms with Crippen LogP contribution >= 0.6 is 11.6 Å². The van der Waals surface area contributed by atoms with Crippen LogP contribution in [0.2, 0.25) is 5.02 Å². The first-order chi connectivity index (χ1) is 9.87. The second kappa shape index (κ2) is 6.60. The van der Waals surface area contributed by atoms with Crippen molar-refractivity contribution in [3.8, 4) is 0 Å². The van der Waals surface area contributed by atoms with Gasteiger partial charge in [-0.3, -0.25) is 0 Å². The monoisotopic (exact) mass is 335 g/mol. The van der Waals surface area contributed by atoms with Gasteiger partial charge >= 0.3 is 0 Å². The first-order valence-electron chi connectivity index (χ1n) is 6.94. The topological polar surface area (TPSA) is 57.6 Å². The molecule has 4 nitrogen and oxygen atoms in total. The molecule has 1 fully saturated rings. The van der Waals surface area contributed by atoms with Crippen molar-refractivity contribution < 1.29 is 17.9 Å². The van der Waals surface area contributed by atoms with Gasteiger partial charge in [0.05, 0.1) is 16.5 Å². The number of aliphatic hydroxyl groups excluding tert-OH is 1. The van der Waals surface area contributed by atoms with E-state index in [9.17, 15) is 12.8 Å². The van der Waals surface area contributed by atoms with E-state index in [1.54, 1.807) is 0 Å². The second-order valence-corrected chi connectivity index (χ2v) is 7.72. The molecule has 0 atom stereocenters. The third kappa shape index (κ3) is 3.39. The average molecular weight is 336 g/mol. The molecule has 0 bridgehead atoms. The van der Waals surface area contributed by atoms with Crippen molar-refractivity contribution in [1.82, 2.24) is 4.31 Å². The quantitative estimate of drug-likeness (QED) is 0.920. The van der Waals surface area contributed by atoms with Crippen LogP contribution in [0.5, 0.6) is 0 Å². The van der Waals surface area contributed by atoms with Crippen LogP contribution in [0.1, 0.15) is 37.7 Å². The molecule has 0 unspecified atom stereocenters. The van der Waals surface area contributed by atoms with Crippen LogP contribution in [0.15, 0.2) is 17.0 Å². The molecular formula is C14H19ClFNO3S. The van der Waals surface area contributed by atoms with E-state index in [1.165, 1.54) is 17.4 Å². The van der Waals surface area contributed by atoms with Crippen LogP contribution in [0, 0.1) is 5.82 Å². The summed E-state index contributed by atoms with van der Waals surface area (Å²) in [5.74, 6) is -0.834. The summed E-state index contributed by atoms with van der Waals surface area (Å²) in [6.45, 7) is -0.508. The number of aliphatic hydroxyl groups is 1. The van der Waals surface area contributed by atoms with Crippen molar-refractivity contribution in [3.05, 3.63) is 28.5 Å². The lowest BCUT2D eigenvalue weighted by Gasteiger charge is -2.30. The molecule has 0 spiro atoms. The Hall–Kier alpha value is -0.690. The largest absolute Gasteiger partial charge is 0.392 e. The van der Waals surface area contributed by atoms with E-state index in [4.69, 9.17) is 16.7 Å². The SMILES string of the molecule is CN(C1CCCCC1)S(=O)(=O)c1cc(F)c(Cl)c(CO)c1. The molecule has 0 heterocycles. The van der Waals surface area contributed by atoms with Crippen molar-refractivity contribution >= 4 is 21.6 Å². The van der Waals surface area contributed by atoms with Crippen molar-refractivity contribution in [1.29, 1.82) is 0 Å². The molecule has 1 N–H and O–H groups in total. The first-order valence-corrected chi connectivity index (χ1v) is 8.76. The summed E-state index contributed by atoms with van der Waals surface area (Å²) in [6, 6.07) is 2.09. The molecular weight excluding hydrogens is 317 g/mol. The summed E-state index contributed by atoms with van der Waals surface area (Å²) in [7, 11) is -2.26. The van der Waals surface area contributed by atoms with E-state index >= 15 is 0 Å². The van der Waals surface area contributed by atoms with Gasteiger partial charge in [-0.05, 0) is 25.0 Å². The Morgan fingerprint density at radius 2 is 1.95 bits per heavy atom. The van der Waals surface area contributed by atoms with Gasteiger partial charge in [-0.1, -0.05) is 30.9 Å². The highest BCUT2D eigenvalue weighted by Crippen LogP contribution is 2.29. The van der Waals surface area contributed by atoms with Gasteiger partial charge < -0.3 is 5.11 Å². The first kappa shape index (κ1) is 16.7. The highest BCUT2D eigenvalue weighted by Gasteiger charge is 2.30. The van der Waals surface area contributed by atoms with E-state index in [0.717, 1.165) is 38.2 Å². The lowest BCUT2D eigenvalue weighted by Crippen LogP contribution is -2.38. The van der Waals surface area contributed by atoms with Crippen molar-refractivity contribution in [2.24, 2.45) is 0 Å². The minimum atomic E-state index is -3.79. The van der Waals surface area contributed by atoms with Gasteiger partial charge in [0.25, 0.3) is 0 Å². The minimum Gasteiger partial charge on any atom is -0.392 e. The van der Waals surface area contributed by atoms with Crippen LogP contribution in [-0.2, 0) is 16.6 Å². The molecule has 2 rings (SSSR count). The van der Waals surface area contributed by atoms with Gasteiger partial charge in [0.15, 0.2) is 0 Å². The summed E-state index contributed by atoms with van der Waals surface area (Å²) >= 11 is 5.70. The van der Waals surface area contributed by atoms with Crippen LogP contribution in [0.4, 0.5) is 4.39 Å². The van der Waals surface area contributed by atoms with Gasteiger partial charge in [0.2, 0.25) is 10.0 Å². The van der Waals surface area contributed by atoms with E-state index in [0.29, 0.717) is 0 Å². The molecule has 118 valence electrons. The summed E-state index contributed by atoms with van der Waals surface area (Å²) in [6.07, 6.45) is 4.76. The predicted molar refractivity (Wildman–Crippen MR) is 79.2 cm³/mol. The van der Waals surface area contributed by atoms with Gasteiger partial charge in [0, 0.05) is 18.7 Å². The molecule has 0 aromatic heterocycles. The van der Waals surface area contributed by atoms with E-state index in [2.05, 4.69) is 0 Å². The Balaban J connectivity index is 2.36. The Bertz CT molecular complexity index is 615. The maximum atomic E-state index is 13.7. The molecule has 1 aromatic carbocycles. The number of sulfonamides is 1. The van der Waals surface area contributed by atoms with Crippen molar-refractivity contribution in [2.45, 2.75) is 49.6 Å². The van der Waals surface area contributed by atoms with Crippen LogP contribution < -0.4 is 0 Å². The maximum absolute atomic E-state index is 13.7. The standard InChI is InChI=1S/C14H19ClFNO3S/c1-17(11-5-3-2-4-6-11)21(19,20)12-7-10(9-18)14(15)13(16)8-12/h7-8,11,18H,2-6,9H2,1H3. The van der Waals surface area contributed by atoms with Gasteiger partial charge in [-0.2, -0.15) is 4.31 Å². The molecule has 1 aromatic rings. The molecule has 1 saturated carbocycles. The Labute approximate surface area is 129 Å². The highest BCUT2D eigenvalue weighted by atomic mass is 35.5. The normalized spacial score (nSPS) is 17.4. The summed E-state index contributed by atoms with van der Waals surface area (Å²) in [5.41, 5.74) is 0.0762. The molecule has 1 aliphatic carbocycles. The summed E-state index contributed by atoms with van der Waals surface area (Å²) in [4.78, 5) is -0.165. The molecule has 0 saturated heterocycles. The van der Waals surface area contributed by atoms with Crippen molar-refractivity contribution in [2.75, 3.05) is 7.05 Å². The fourth-order valence-electron chi connectivity index (χ4n) is 2.69. The molecule has 1 aliphatic rings. The lowest BCUT2D eigenvalue weighted by molar-refractivity contribution is 0.280. The Kier molecular flexibility index (Phi) is 5.24. The Morgan fingerprint density at radius 3 is 2.52 bits per heavy atom. The van der Waals surface area contributed by atoms with E-state index < -0.39 is 22.4 Å². The zero-order valence-corrected chi connectivity index (χ0v) is 13.4. The maximum Gasteiger partial charge on any atom is 0.243 e. The van der Waals surface area contributed by atoms with E-state index in [1.807, 2.05) is 0 Å². The third-order valence-electron chi connectivity index (χ3n) is 4.01. The average Bonchev–Trinajstić information content (AvgIpc) is 2.49. The fourth-order valence-corrected chi connectivity index (χ4v) is 4.34. The Morgan fingerprint density at radius 1 is 1.33 bits per heavy atom. The van der Waals surface area contributed by atoms with Crippen LogP contribution in [-0.4, -0.2) is 30.9 Å². The minimum absolute atomic E-state index is 0.0555. The van der Waals surface area contributed by atoms with Crippen LogP contribution in [0.25, 0.3) is 0 Å². The molecule has 0 radical (unpaired) electrons. The van der Waals surface area contributed by atoms with Crippen LogP contribution in [0.3, 0.4) is 0 Å². The molecule has 21 heavy (non-hydrogen) atoms. The van der Waals surface area contributed by atoms with Crippen molar-refractivity contribution in [3.63, 3.8) is 0 Å². The van der Waals surface area contributed by atoms with E-state index in [-0.39, 0.29) is 21.5 Å². The molecule has 7 heteroatoms. The molecule has 0 amide bonds. The number of benzene rings is 1. The highest BCUT2D eigenvalue weighted by molar-refractivity contribution is 7.89. The van der Waals surface area contributed by atoms with Gasteiger partial charge in [-0.25, -0.2) is 12.8 Å². The molecule has 0 aliphatic heterocycles. The van der Waals surface area contributed by atoms with Gasteiger partial charge in [-0.15, -0.1) is 0 Å². The number of hydrogen-bond acceptors (Lipinski definition) is 3. The third-order valence-corrected chi connectivity index (χ3v) is 6.32. The zero-order valence-electron chi connectivity index (χ0n) is 11.8. The predicted octanol–water partition coefficient (Wildman–Crippen LogP) is 2.92. The van der Waals surface area contributed by atoms with Gasteiger partial charge in [0.1, 0.15) is 5.82 Å². The number of rotatable bonds is 4. The number of hydrogen-bond donors (Lipinski definition) is 1. The summed E-state index contributed by atoms with van der Waals surface area (Å²) in [5, 5.41) is 8.92. The zero-order chi connectivity index (χ0) is 15.6. The second-order valence-electron chi connectivity index (χ2n) is 5.35. The summed E-state index contributed by atoms with van der Waals surface area (Å²) < 4.78 is 40.2.